The van der Waals surface area contributed by atoms with Crippen LogP contribution in [0, 0.1) is 0 Å². The number of aryl methyl sites for hydroxylation is 3. The highest BCUT2D eigenvalue weighted by molar-refractivity contribution is 6.11. The number of carbonyl (C=O) groups excluding carboxylic acids is 1. The number of rotatable bonds is 31. The van der Waals surface area contributed by atoms with E-state index in [0.29, 0.717) is 5.56 Å². The molecular formula is C85H90N4O. The summed E-state index contributed by atoms with van der Waals surface area (Å²) in [4.78, 5) is 14.3. The molecule has 0 saturated heterocycles. The molecule has 0 aliphatic rings. The highest BCUT2D eigenvalue weighted by atomic mass is 16.1. The minimum Gasteiger partial charge on any atom is -0.340 e. The topological polar surface area (TPSA) is 35.1 Å². The Morgan fingerprint density at radius 2 is 0.522 bits per heavy atom. The van der Waals surface area contributed by atoms with Gasteiger partial charge in [0.1, 0.15) is 6.29 Å². The van der Waals surface area contributed by atoms with Crippen molar-refractivity contribution in [1.82, 2.24) is 13.7 Å². The smallest absolute Gasteiger partial charge is 0.150 e. The summed E-state index contributed by atoms with van der Waals surface area (Å²) in [5.74, 6) is 0. The molecule has 90 heavy (non-hydrogen) atoms. The van der Waals surface area contributed by atoms with Crippen molar-refractivity contribution in [3.63, 3.8) is 0 Å². The number of hydrogen-bond acceptors (Lipinski definition) is 2. The number of benzene rings is 9. The predicted molar refractivity (Wildman–Crippen MR) is 392 cm³/mol. The van der Waals surface area contributed by atoms with E-state index in [4.69, 9.17) is 0 Å². The lowest BCUT2D eigenvalue weighted by Crippen LogP contribution is -2.09. The molecular weight excluding hydrogens is 1090 g/mol. The summed E-state index contributed by atoms with van der Waals surface area (Å²) >= 11 is 0. The SMILES string of the molecule is CCCCCCCCn1c2ccccc2c2cc(/C=C/c3ccc(N(c4ccc(/C=C/c5ccc6c(c5)c5ccccc5n6CCCCCCCC)cc4)c4ccc(/C=C/c5ccc6c(c5)c5cc(C=O)ccc5n6CCCCCCCC)cc4)cc3)ccc21. The third-order valence-electron chi connectivity index (χ3n) is 18.7. The molecule has 0 bridgehead atoms. The number of anilines is 3. The molecule has 5 nitrogen and oxygen atoms in total. The largest absolute Gasteiger partial charge is 0.340 e. The molecule has 9 aromatic carbocycles. The maximum Gasteiger partial charge on any atom is 0.150 e. The number of hydrogen-bond donors (Lipinski definition) is 0. The molecule has 12 aromatic rings. The third kappa shape index (κ3) is 14.2. The molecule has 0 aliphatic heterocycles. The predicted octanol–water partition coefficient (Wildman–Crippen LogP) is 24.9. The fraction of sp³-hybridized carbons (Fsp3) is 0.282. The molecule has 0 N–H and O–H groups in total. The summed E-state index contributed by atoms with van der Waals surface area (Å²) in [5, 5.41) is 7.63. The molecule has 3 aromatic heterocycles. The van der Waals surface area contributed by atoms with Crippen LogP contribution in [0.2, 0.25) is 0 Å². The fourth-order valence-electron chi connectivity index (χ4n) is 13.8. The molecule has 0 saturated carbocycles. The fourth-order valence-corrected chi connectivity index (χ4v) is 13.8. The number of unbranched alkanes of at least 4 members (excludes halogenated alkanes) is 15. The number of fused-ring (bicyclic) bond motifs is 9. The monoisotopic (exact) mass is 1180 g/mol. The number of carbonyl (C=O) groups is 1. The molecule has 0 fully saturated rings. The van der Waals surface area contributed by atoms with Crippen LogP contribution in [0.4, 0.5) is 17.1 Å². The molecule has 0 atom stereocenters. The number of aromatic nitrogens is 3. The van der Waals surface area contributed by atoms with E-state index in [2.05, 4.69) is 264 Å². The van der Waals surface area contributed by atoms with E-state index in [0.717, 1.165) is 77.0 Å². The summed E-state index contributed by atoms with van der Waals surface area (Å²) in [6.07, 6.45) is 37.5. The third-order valence-corrected chi connectivity index (χ3v) is 18.7. The first-order valence-electron chi connectivity index (χ1n) is 34.2. The van der Waals surface area contributed by atoms with Crippen molar-refractivity contribution < 1.29 is 4.79 Å². The average molecular weight is 1180 g/mol. The minimum atomic E-state index is 0.711. The van der Waals surface area contributed by atoms with Crippen LogP contribution < -0.4 is 4.90 Å². The maximum atomic E-state index is 12.0. The van der Waals surface area contributed by atoms with Gasteiger partial charge in [0.15, 0.2) is 0 Å². The molecule has 0 amide bonds. The van der Waals surface area contributed by atoms with Crippen molar-refractivity contribution in [1.29, 1.82) is 0 Å². The van der Waals surface area contributed by atoms with E-state index in [1.807, 2.05) is 6.07 Å². The lowest BCUT2D eigenvalue weighted by atomic mass is 10.1. The van der Waals surface area contributed by atoms with Gasteiger partial charge in [-0.1, -0.05) is 245 Å². The van der Waals surface area contributed by atoms with Gasteiger partial charge >= 0.3 is 0 Å². The first-order valence-corrected chi connectivity index (χ1v) is 34.2. The van der Waals surface area contributed by atoms with Crippen LogP contribution in [-0.4, -0.2) is 20.0 Å². The zero-order valence-corrected chi connectivity index (χ0v) is 53.6. The summed E-state index contributed by atoms with van der Waals surface area (Å²) in [6, 6.07) is 71.6. The molecule has 5 heteroatoms. The van der Waals surface area contributed by atoms with Crippen molar-refractivity contribution in [3.05, 3.63) is 233 Å². The molecule has 0 aliphatic carbocycles. The zero-order chi connectivity index (χ0) is 61.4. The van der Waals surface area contributed by atoms with Gasteiger partial charge in [-0.05, 0) is 156 Å². The van der Waals surface area contributed by atoms with Crippen molar-refractivity contribution in [2.24, 2.45) is 0 Å². The molecule has 0 radical (unpaired) electrons. The van der Waals surface area contributed by atoms with Gasteiger partial charge in [0.2, 0.25) is 0 Å². The summed E-state index contributed by atoms with van der Waals surface area (Å²) in [7, 11) is 0. The van der Waals surface area contributed by atoms with Gasteiger partial charge in [-0.3, -0.25) is 4.79 Å². The minimum absolute atomic E-state index is 0.711. The van der Waals surface area contributed by atoms with Crippen LogP contribution in [0.1, 0.15) is 180 Å². The van der Waals surface area contributed by atoms with E-state index in [1.165, 1.54) is 180 Å². The van der Waals surface area contributed by atoms with Gasteiger partial charge in [-0.2, -0.15) is 0 Å². The quantitative estimate of drug-likeness (QED) is 0.0247. The Balaban J connectivity index is 0.801. The molecule has 0 spiro atoms. The second kappa shape index (κ2) is 30.0. The number of aldehydes is 1. The molecule has 456 valence electrons. The van der Waals surface area contributed by atoms with Gasteiger partial charge < -0.3 is 18.6 Å². The first kappa shape index (κ1) is 61.3. The van der Waals surface area contributed by atoms with Gasteiger partial charge in [0.25, 0.3) is 0 Å². The first-order chi connectivity index (χ1) is 44.5. The lowest BCUT2D eigenvalue weighted by Gasteiger charge is -2.26. The second-order valence-corrected chi connectivity index (χ2v) is 25.1. The molecule has 3 heterocycles. The van der Waals surface area contributed by atoms with Crippen molar-refractivity contribution in [2.45, 2.75) is 156 Å². The van der Waals surface area contributed by atoms with E-state index >= 15 is 0 Å². The van der Waals surface area contributed by atoms with Gasteiger partial charge in [0.05, 0.1) is 0 Å². The Bertz CT molecular complexity index is 4260. The van der Waals surface area contributed by atoms with Gasteiger partial charge in [-0.15, -0.1) is 0 Å². The molecule has 0 unspecified atom stereocenters. The van der Waals surface area contributed by atoms with Crippen molar-refractivity contribution >= 4 is 125 Å². The van der Waals surface area contributed by atoms with Crippen LogP contribution in [0.3, 0.4) is 0 Å². The average Bonchev–Trinajstić information content (AvgIpc) is 1.67. The van der Waals surface area contributed by atoms with Crippen LogP contribution in [-0.2, 0) is 19.6 Å². The van der Waals surface area contributed by atoms with Crippen LogP contribution in [0.5, 0.6) is 0 Å². The highest BCUT2D eigenvalue weighted by Gasteiger charge is 2.17. The molecule has 12 rings (SSSR count). The van der Waals surface area contributed by atoms with Gasteiger partial charge in [-0.25, -0.2) is 0 Å². The second-order valence-electron chi connectivity index (χ2n) is 25.1. The van der Waals surface area contributed by atoms with Crippen LogP contribution in [0.25, 0.3) is 102 Å². The van der Waals surface area contributed by atoms with Crippen molar-refractivity contribution in [3.8, 4) is 0 Å². The number of nitrogens with zero attached hydrogens (tertiary/aromatic N) is 4. The highest BCUT2D eigenvalue weighted by Crippen LogP contribution is 2.38. The summed E-state index contributed by atoms with van der Waals surface area (Å²) < 4.78 is 7.55. The lowest BCUT2D eigenvalue weighted by molar-refractivity contribution is 0.112. The van der Waals surface area contributed by atoms with E-state index in [9.17, 15) is 4.79 Å². The van der Waals surface area contributed by atoms with Gasteiger partial charge in [0, 0.05) is 108 Å². The Hall–Kier alpha value is -8.93. The van der Waals surface area contributed by atoms with Crippen LogP contribution in [0.15, 0.2) is 194 Å². The van der Waals surface area contributed by atoms with Crippen molar-refractivity contribution in [2.75, 3.05) is 4.90 Å². The van der Waals surface area contributed by atoms with E-state index < -0.39 is 0 Å². The summed E-state index contributed by atoms with van der Waals surface area (Å²) in [6.45, 7) is 9.93. The Kier molecular flexibility index (Phi) is 20.5. The number of para-hydroxylation sites is 2. The normalized spacial score (nSPS) is 12.1. The Morgan fingerprint density at radius 3 is 0.856 bits per heavy atom. The zero-order valence-electron chi connectivity index (χ0n) is 53.6. The van der Waals surface area contributed by atoms with E-state index in [-0.39, 0.29) is 0 Å². The summed E-state index contributed by atoms with van der Waals surface area (Å²) in [5.41, 5.74) is 18.6. The van der Waals surface area contributed by atoms with E-state index in [1.54, 1.807) is 0 Å². The maximum absolute atomic E-state index is 12.0. The standard InChI is InChI=1S/C85H90N4O/c1-4-7-10-13-16-23-56-86-80-28-21-19-26-74(80)76-59-67(42-52-82(76)86)33-30-64-36-46-71(47-37-64)89(72-48-38-65(39-49-72)31-34-68-43-53-83-77(60-68)75-27-20-22-29-81(75)87(83)57-24-17-14-11-8-5-2)73-50-40-66(41-51-73)32-35-69-44-54-84-78(61-69)79-62-70(63-90)45-55-85(79)88(84)58-25-18-15-12-9-6-3/h19-22,26-55,59-63H,4-18,23-25,56-58H2,1-3H3/b33-30+,34-31+,35-32+. The Labute approximate surface area is 534 Å². The Morgan fingerprint density at radius 1 is 0.267 bits per heavy atom. The van der Waals surface area contributed by atoms with Crippen LogP contribution >= 0.6 is 0 Å².